The fourth-order valence-electron chi connectivity index (χ4n) is 1.89. The number of hydrogen-bond donors (Lipinski definition) is 0. The number of thiophene rings is 1. The molecule has 3 rings (SSSR count). The molecule has 0 spiro atoms. The molecule has 0 aliphatic rings. The van der Waals surface area contributed by atoms with Crippen LogP contribution in [0.3, 0.4) is 0 Å². The molecule has 0 unspecified atom stereocenters. The Kier molecular flexibility index (Phi) is 4.15. The summed E-state index contributed by atoms with van der Waals surface area (Å²) in [7, 11) is 1.65. The number of ether oxygens (including phenoxy) is 1. The molecule has 0 radical (unpaired) electrons. The van der Waals surface area contributed by atoms with Gasteiger partial charge in [-0.2, -0.15) is 0 Å². The highest BCUT2D eigenvalue weighted by atomic mass is 35.5. The van der Waals surface area contributed by atoms with Crippen molar-refractivity contribution in [3.8, 4) is 5.75 Å². The minimum absolute atomic E-state index is 0.565. The van der Waals surface area contributed by atoms with E-state index < -0.39 is 0 Å². The average Bonchev–Trinajstić information content (AvgIpc) is 2.97. The van der Waals surface area contributed by atoms with Gasteiger partial charge in [0.25, 0.3) is 0 Å². The minimum atomic E-state index is 0.565. The van der Waals surface area contributed by atoms with E-state index in [-0.39, 0.29) is 0 Å². The number of hydrogen-bond acceptors (Lipinski definition) is 4. The Morgan fingerprint density at radius 2 is 2.20 bits per heavy atom. The van der Waals surface area contributed by atoms with Gasteiger partial charge in [0.1, 0.15) is 10.9 Å². The third-order valence-electron chi connectivity index (χ3n) is 2.92. The van der Waals surface area contributed by atoms with Gasteiger partial charge in [-0.1, -0.05) is 17.7 Å². The van der Waals surface area contributed by atoms with Crippen molar-refractivity contribution in [2.45, 2.75) is 9.96 Å². The molecule has 0 saturated heterocycles. The highest BCUT2D eigenvalue weighted by Gasteiger charge is 2.07. The Hall–Kier alpha value is -1.23. The summed E-state index contributed by atoms with van der Waals surface area (Å²) in [6.07, 6.45) is 0. The zero-order chi connectivity index (χ0) is 13.9. The van der Waals surface area contributed by atoms with Crippen molar-refractivity contribution in [1.29, 1.82) is 0 Å². The summed E-state index contributed by atoms with van der Waals surface area (Å²) in [5.41, 5.74) is 1.92. The highest BCUT2D eigenvalue weighted by molar-refractivity contribution is 8.00. The van der Waals surface area contributed by atoms with E-state index >= 15 is 0 Å². The molecule has 0 aliphatic carbocycles. The first-order valence-corrected chi connectivity index (χ1v) is 8.30. The quantitative estimate of drug-likeness (QED) is 0.484. The Bertz CT molecular complexity index is 728. The molecule has 0 aliphatic heterocycles. The largest absolute Gasteiger partial charge is 0.497 e. The van der Waals surface area contributed by atoms with Crippen LogP contribution in [0, 0.1) is 0 Å². The van der Waals surface area contributed by atoms with E-state index in [0.717, 1.165) is 28.0 Å². The molecule has 20 heavy (non-hydrogen) atoms. The SMILES string of the molecule is COc1ccc2cc(CSc3cccs3)c(Cl)nc2c1. The van der Waals surface area contributed by atoms with E-state index in [0.29, 0.717) is 5.15 Å². The summed E-state index contributed by atoms with van der Waals surface area (Å²) in [4.78, 5) is 4.46. The van der Waals surface area contributed by atoms with Gasteiger partial charge in [0.15, 0.2) is 0 Å². The molecule has 1 aromatic carbocycles. The molecule has 102 valence electrons. The van der Waals surface area contributed by atoms with Crippen LogP contribution >= 0.6 is 34.7 Å². The van der Waals surface area contributed by atoms with Gasteiger partial charge in [-0.05, 0) is 29.6 Å². The second-order valence-corrected chi connectivity index (χ2v) is 6.80. The van der Waals surface area contributed by atoms with E-state index in [1.807, 2.05) is 18.2 Å². The third-order valence-corrected chi connectivity index (χ3v) is 5.42. The van der Waals surface area contributed by atoms with Crippen LogP contribution in [-0.2, 0) is 5.75 Å². The van der Waals surface area contributed by atoms with Crippen molar-refractivity contribution in [3.63, 3.8) is 0 Å². The smallest absolute Gasteiger partial charge is 0.133 e. The van der Waals surface area contributed by atoms with Crippen LogP contribution in [-0.4, -0.2) is 12.1 Å². The monoisotopic (exact) mass is 321 g/mol. The number of benzene rings is 1. The molecule has 0 saturated carbocycles. The van der Waals surface area contributed by atoms with Gasteiger partial charge in [-0.3, -0.25) is 0 Å². The zero-order valence-corrected chi connectivity index (χ0v) is 13.2. The minimum Gasteiger partial charge on any atom is -0.497 e. The Labute approximate surface area is 130 Å². The van der Waals surface area contributed by atoms with Gasteiger partial charge in [-0.15, -0.1) is 23.1 Å². The van der Waals surface area contributed by atoms with Crippen molar-refractivity contribution in [2.75, 3.05) is 7.11 Å². The van der Waals surface area contributed by atoms with Crippen LogP contribution in [0.5, 0.6) is 5.75 Å². The molecule has 0 amide bonds. The second kappa shape index (κ2) is 6.04. The van der Waals surface area contributed by atoms with Gasteiger partial charge in [0, 0.05) is 22.8 Å². The van der Waals surface area contributed by atoms with Crippen LogP contribution in [0.4, 0.5) is 0 Å². The number of fused-ring (bicyclic) bond motifs is 1. The number of halogens is 1. The van der Waals surface area contributed by atoms with Crippen LogP contribution in [0.25, 0.3) is 10.9 Å². The predicted molar refractivity (Wildman–Crippen MR) is 87.2 cm³/mol. The molecule has 0 fully saturated rings. The molecule has 2 heterocycles. The Balaban J connectivity index is 1.89. The van der Waals surface area contributed by atoms with Gasteiger partial charge in [0.2, 0.25) is 0 Å². The normalized spacial score (nSPS) is 10.9. The van der Waals surface area contributed by atoms with Crippen molar-refractivity contribution in [1.82, 2.24) is 4.98 Å². The average molecular weight is 322 g/mol. The number of nitrogens with zero attached hydrogens (tertiary/aromatic N) is 1. The maximum absolute atomic E-state index is 6.28. The molecule has 5 heteroatoms. The molecule has 0 bridgehead atoms. The number of methoxy groups -OCH3 is 1. The summed E-state index contributed by atoms with van der Waals surface area (Å²) in [5.74, 6) is 1.62. The molecular formula is C15H12ClNOS2. The van der Waals surface area contributed by atoms with Gasteiger partial charge in [-0.25, -0.2) is 4.98 Å². The second-order valence-electron chi connectivity index (χ2n) is 4.22. The van der Waals surface area contributed by atoms with E-state index in [2.05, 4.69) is 28.6 Å². The number of thioether (sulfide) groups is 1. The topological polar surface area (TPSA) is 22.1 Å². The first kappa shape index (κ1) is 13.7. The summed E-state index contributed by atoms with van der Waals surface area (Å²) >= 11 is 9.80. The molecule has 0 N–H and O–H groups in total. The Morgan fingerprint density at radius 1 is 1.30 bits per heavy atom. The summed E-state index contributed by atoms with van der Waals surface area (Å²) < 4.78 is 6.49. The summed E-state index contributed by atoms with van der Waals surface area (Å²) in [6.45, 7) is 0. The molecular weight excluding hydrogens is 310 g/mol. The molecule has 0 atom stereocenters. The molecule has 2 aromatic heterocycles. The van der Waals surface area contributed by atoms with Crippen molar-refractivity contribution < 1.29 is 4.74 Å². The fraction of sp³-hybridized carbons (Fsp3) is 0.133. The van der Waals surface area contributed by atoms with Gasteiger partial charge >= 0.3 is 0 Å². The highest BCUT2D eigenvalue weighted by Crippen LogP contribution is 2.31. The lowest BCUT2D eigenvalue weighted by Gasteiger charge is -2.07. The van der Waals surface area contributed by atoms with E-state index in [9.17, 15) is 0 Å². The fourth-order valence-corrected chi connectivity index (χ4v) is 3.94. The maximum atomic E-state index is 6.28. The number of pyridine rings is 1. The number of rotatable bonds is 4. The van der Waals surface area contributed by atoms with Crippen LogP contribution in [0.15, 0.2) is 46.0 Å². The molecule has 3 aromatic rings. The van der Waals surface area contributed by atoms with Crippen molar-refractivity contribution in [2.24, 2.45) is 0 Å². The first-order valence-electron chi connectivity index (χ1n) is 6.06. The van der Waals surface area contributed by atoms with Crippen molar-refractivity contribution >= 4 is 45.6 Å². The molecule has 2 nitrogen and oxygen atoms in total. The summed E-state index contributed by atoms with van der Waals surface area (Å²) in [6, 6.07) is 12.1. The first-order chi connectivity index (χ1) is 9.76. The number of aromatic nitrogens is 1. The lowest BCUT2D eigenvalue weighted by atomic mass is 10.1. The zero-order valence-electron chi connectivity index (χ0n) is 10.8. The standard InChI is InChI=1S/C15H12ClNOS2/c1-18-12-5-4-10-7-11(15(16)17-13(10)8-12)9-20-14-3-2-6-19-14/h2-8H,9H2,1H3. The van der Waals surface area contributed by atoms with Crippen LogP contribution in [0.2, 0.25) is 5.15 Å². The van der Waals surface area contributed by atoms with Gasteiger partial charge < -0.3 is 4.74 Å². The lowest BCUT2D eigenvalue weighted by molar-refractivity contribution is 0.415. The van der Waals surface area contributed by atoms with Crippen LogP contribution in [0.1, 0.15) is 5.56 Å². The van der Waals surface area contributed by atoms with Crippen LogP contribution < -0.4 is 4.74 Å². The van der Waals surface area contributed by atoms with E-state index in [1.165, 1.54) is 4.21 Å². The predicted octanol–water partition coefficient (Wildman–Crippen LogP) is 5.25. The van der Waals surface area contributed by atoms with Crippen molar-refractivity contribution in [3.05, 3.63) is 52.5 Å². The van der Waals surface area contributed by atoms with E-state index in [4.69, 9.17) is 16.3 Å². The summed E-state index contributed by atoms with van der Waals surface area (Å²) in [5, 5.41) is 3.72. The maximum Gasteiger partial charge on any atom is 0.133 e. The third kappa shape index (κ3) is 2.92. The Morgan fingerprint density at radius 3 is 2.95 bits per heavy atom. The lowest BCUT2D eigenvalue weighted by Crippen LogP contribution is -1.90. The van der Waals surface area contributed by atoms with Gasteiger partial charge in [0.05, 0.1) is 16.8 Å². The van der Waals surface area contributed by atoms with E-state index in [1.54, 1.807) is 30.2 Å².